The Hall–Kier alpha value is -2.05. The zero-order chi connectivity index (χ0) is 12.5. The summed E-state index contributed by atoms with van der Waals surface area (Å²) in [5, 5.41) is 11.8. The molecule has 0 unspecified atom stereocenters. The minimum absolute atomic E-state index is 0.195. The van der Waals surface area contributed by atoms with E-state index in [1.165, 1.54) is 20.3 Å². The normalized spacial score (nSPS) is 16.1. The van der Waals surface area contributed by atoms with Crippen molar-refractivity contribution >= 4 is 11.9 Å². The number of anilines is 1. The van der Waals surface area contributed by atoms with Gasteiger partial charge in [-0.15, -0.1) is 0 Å². The molecule has 7 nitrogen and oxygen atoms in total. The van der Waals surface area contributed by atoms with E-state index >= 15 is 0 Å². The molecule has 0 aromatic carbocycles. The summed E-state index contributed by atoms with van der Waals surface area (Å²) in [5.74, 6) is -0.0648. The van der Waals surface area contributed by atoms with E-state index in [1.54, 1.807) is 0 Å². The Morgan fingerprint density at radius 1 is 1.35 bits per heavy atom. The van der Waals surface area contributed by atoms with Crippen LogP contribution in [0.25, 0.3) is 0 Å². The SMILES string of the molecule is COc1cc(OC)nc(NC2(C(=O)O)CC2)n1. The number of carboxylic acid groups (broad SMARTS) is 1. The molecule has 1 fully saturated rings. The maximum absolute atomic E-state index is 11.0. The molecule has 0 saturated heterocycles. The number of nitrogens with one attached hydrogen (secondary N) is 1. The predicted octanol–water partition coefficient (Wildman–Crippen LogP) is 0.523. The monoisotopic (exact) mass is 239 g/mol. The van der Waals surface area contributed by atoms with Crippen LogP contribution < -0.4 is 14.8 Å². The van der Waals surface area contributed by atoms with Crippen molar-refractivity contribution in [3.8, 4) is 11.8 Å². The maximum atomic E-state index is 11.0. The van der Waals surface area contributed by atoms with Crippen molar-refractivity contribution in [1.82, 2.24) is 9.97 Å². The molecule has 1 saturated carbocycles. The van der Waals surface area contributed by atoms with Gasteiger partial charge in [-0.3, -0.25) is 0 Å². The van der Waals surface area contributed by atoms with Gasteiger partial charge in [0.15, 0.2) is 0 Å². The minimum atomic E-state index is -0.933. The number of carboxylic acids is 1. The van der Waals surface area contributed by atoms with Gasteiger partial charge in [0.2, 0.25) is 17.7 Å². The van der Waals surface area contributed by atoms with Crippen LogP contribution in [0.2, 0.25) is 0 Å². The van der Waals surface area contributed by atoms with Crippen LogP contribution in [0.15, 0.2) is 6.07 Å². The molecule has 0 bridgehead atoms. The first kappa shape index (κ1) is 11.4. The van der Waals surface area contributed by atoms with Crippen LogP contribution >= 0.6 is 0 Å². The van der Waals surface area contributed by atoms with Gasteiger partial charge < -0.3 is 19.9 Å². The second kappa shape index (κ2) is 4.08. The van der Waals surface area contributed by atoms with Crippen molar-refractivity contribution in [1.29, 1.82) is 0 Å². The minimum Gasteiger partial charge on any atom is -0.481 e. The molecule has 0 atom stereocenters. The van der Waals surface area contributed by atoms with Gasteiger partial charge in [-0.2, -0.15) is 9.97 Å². The van der Waals surface area contributed by atoms with E-state index in [1.807, 2.05) is 0 Å². The first-order valence-electron chi connectivity index (χ1n) is 5.08. The van der Waals surface area contributed by atoms with Gasteiger partial charge in [0.1, 0.15) is 5.54 Å². The van der Waals surface area contributed by atoms with Gasteiger partial charge in [-0.25, -0.2) is 4.79 Å². The van der Waals surface area contributed by atoms with Crippen molar-refractivity contribution in [3.63, 3.8) is 0 Å². The molecule has 0 amide bonds. The number of rotatable bonds is 5. The van der Waals surface area contributed by atoms with Gasteiger partial charge in [-0.1, -0.05) is 0 Å². The Bertz CT molecular complexity index is 423. The number of ether oxygens (including phenoxy) is 2. The molecule has 1 heterocycles. The fraction of sp³-hybridized carbons (Fsp3) is 0.500. The van der Waals surface area contributed by atoms with Gasteiger partial charge in [-0.05, 0) is 12.8 Å². The Kier molecular flexibility index (Phi) is 2.74. The first-order chi connectivity index (χ1) is 8.09. The molecule has 1 aliphatic carbocycles. The van der Waals surface area contributed by atoms with Crippen molar-refractivity contribution in [2.45, 2.75) is 18.4 Å². The maximum Gasteiger partial charge on any atom is 0.329 e. The van der Waals surface area contributed by atoms with Crippen molar-refractivity contribution in [2.75, 3.05) is 19.5 Å². The number of aliphatic carboxylic acids is 1. The number of hydrogen-bond donors (Lipinski definition) is 2. The average molecular weight is 239 g/mol. The summed E-state index contributed by atoms with van der Waals surface area (Å²) in [4.78, 5) is 19.1. The highest BCUT2D eigenvalue weighted by atomic mass is 16.5. The molecule has 7 heteroatoms. The number of nitrogens with zero attached hydrogens (tertiary/aromatic N) is 2. The third kappa shape index (κ3) is 2.22. The van der Waals surface area contributed by atoms with Crippen LogP contribution in [0.1, 0.15) is 12.8 Å². The summed E-state index contributed by atoms with van der Waals surface area (Å²) in [6, 6.07) is 1.52. The second-order valence-electron chi connectivity index (χ2n) is 3.79. The Labute approximate surface area is 97.8 Å². The lowest BCUT2D eigenvalue weighted by atomic mass is 10.3. The topological polar surface area (TPSA) is 93.6 Å². The molecule has 92 valence electrons. The van der Waals surface area contributed by atoms with Crippen LogP contribution in [0.5, 0.6) is 11.8 Å². The molecule has 0 radical (unpaired) electrons. The third-order valence-corrected chi connectivity index (χ3v) is 2.61. The van der Waals surface area contributed by atoms with Gasteiger partial charge >= 0.3 is 5.97 Å². The van der Waals surface area contributed by atoms with Gasteiger partial charge in [0, 0.05) is 0 Å². The number of carbonyl (C=O) groups is 1. The van der Waals surface area contributed by atoms with Crippen molar-refractivity contribution in [2.24, 2.45) is 0 Å². The van der Waals surface area contributed by atoms with E-state index in [0.717, 1.165) is 0 Å². The molecule has 0 spiro atoms. The van der Waals surface area contributed by atoms with Crippen LogP contribution in [0.4, 0.5) is 5.95 Å². The molecule has 2 rings (SSSR count). The third-order valence-electron chi connectivity index (χ3n) is 2.61. The molecular weight excluding hydrogens is 226 g/mol. The largest absolute Gasteiger partial charge is 0.481 e. The fourth-order valence-electron chi connectivity index (χ4n) is 1.40. The van der Waals surface area contributed by atoms with E-state index in [9.17, 15) is 4.79 Å². The lowest BCUT2D eigenvalue weighted by molar-refractivity contribution is -0.138. The second-order valence-corrected chi connectivity index (χ2v) is 3.79. The summed E-state index contributed by atoms with van der Waals surface area (Å²) < 4.78 is 9.95. The summed E-state index contributed by atoms with van der Waals surface area (Å²) in [5.41, 5.74) is -0.933. The Morgan fingerprint density at radius 2 is 1.88 bits per heavy atom. The fourth-order valence-corrected chi connectivity index (χ4v) is 1.40. The van der Waals surface area contributed by atoms with Crippen LogP contribution in [0.3, 0.4) is 0 Å². The van der Waals surface area contributed by atoms with Crippen molar-refractivity contribution < 1.29 is 19.4 Å². The molecule has 17 heavy (non-hydrogen) atoms. The highest BCUT2D eigenvalue weighted by Gasteiger charge is 2.51. The van der Waals surface area contributed by atoms with E-state index in [4.69, 9.17) is 14.6 Å². The Balaban J connectivity index is 2.23. The lowest BCUT2D eigenvalue weighted by Gasteiger charge is -2.13. The highest BCUT2D eigenvalue weighted by molar-refractivity contribution is 5.85. The highest BCUT2D eigenvalue weighted by Crippen LogP contribution is 2.38. The van der Waals surface area contributed by atoms with Gasteiger partial charge in [0.25, 0.3) is 0 Å². The van der Waals surface area contributed by atoms with Gasteiger partial charge in [0.05, 0.1) is 20.3 Å². The van der Waals surface area contributed by atoms with Crippen LogP contribution in [-0.4, -0.2) is 40.8 Å². The smallest absolute Gasteiger partial charge is 0.329 e. The van der Waals surface area contributed by atoms with E-state index in [2.05, 4.69) is 15.3 Å². The van der Waals surface area contributed by atoms with E-state index in [0.29, 0.717) is 24.6 Å². The molecule has 1 aromatic heterocycles. The summed E-state index contributed by atoms with van der Waals surface area (Å²) in [7, 11) is 2.94. The summed E-state index contributed by atoms with van der Waals surface area (Å²) >= 11 is 0. The van der Waals surface area contributed by atoms with Crippen LogP contribution in [-0.2, 0) is 4.79 Å². The molecular formula is C10H13N3O4. The zero-order valence-electron chi connectivity index (χ0n) is 9.56. The predicted molar refractivity (Wildman–Crippen MR) is 58.4 cm³/mol. The van der Waals surface area contributed by atoms with Crippen molar-refractivity contribution in [3.05, 3.63) is 6.07 Å². The zero-order valence-corrected chi connectivity index (χ0v) is 9.56. The lowest BCUT2D eigenvalue weighted by Crippen LogP contribution is -2.32. The van der Waals surface area contributed by atoms with E-state index < -0.39 is 11.5 Å². The molecule has 0 aliphatic heterocycles. The summed E-state index contributed by atoms with van der Waals surface area (Å²) in [6.07, 6.45) is 1.12. The number of methoxy groups -OCH3 is 2. The number of hydrogen-bond acceptors (Lipinski definition) is 6. The average Bonchev–Trinajstić information content (AvgIpc) is 3.09. The quantitative estimate of drug-likeness (QED) is 0.773. The number of aromatic nitrogens is 2. The standard InChI is InChI=1S/C10H13N3O4/c1-16-6-5-7(17-2)12-9(11-6)13-10(3-4-10)8(14)15/h5H,3-4H2,1-2H3,(H,14,15)(H,11,12,13). The first-order valence-corrected chi connectivity index (χ1v) is 5.08. The Morgan fingerprint density at radius 3 is 2.24 bits per heavy atom. The molecule has 1 aliphatic rings. The molecule has 2 N–H and O–H groups in total. The summed E-state index contributed by atoms with van der Waals surface area (Å²) in [6.45, 7) is 0. The molecule has 1 aromatic rings. The van der Waals surface area contributed by atoms with Crippen LogP contribution in [0, 0.1) is 0 Å². The van der Waals surface area contributed by atoms with E-state index in [-0.39, 0.29) is 5.95 Å².